The van der Waals surface area contributed by atoms with Crippen LogP contribution < -0.4 is 0 Å². The molecule has 2 atom stereocenters. The molecule has 1 aromatic carbocycles. The number of ether oxygens (including phenoxy) is 1. The van der Waals surface area contributed by atoms with E-state index in [9.17, 15) is 4.79 Å². The van der Waals surface area contributed by atoms with Crippen molar-refractivity contribution >= 4 is 5.97 Å². The van der Waals surface area contributed by atoms with Crippen molar-refractivity contribution in [3.63, 3.8) is 0 Å². The summed E-state index contributed by atoms with van der Waals surface area (Å²) in [4.78, 5) is 11.1. The van der Waals surface area contributed by atoms with Gasteiger partial charge in [-0.15, -0.1) is 0 Å². The Morgan fingerprint density at radius 2 is 2.06 bits per heavy atom. The van der Waals surface area contributed by atoms with E-state index in [-0.39, 0.29) is 24.2 Å². The molecule has 0 aliphatic rings. The highest BCUT2D eigenvalue weighted by atomic mass is 16.5. The van der Waals surface area contributed by atoms with Gasteiger partial charge in [-0.3, -0.25) is 4.79 Å². The lowest BCUT2D eigenvalue weighted by molar-refractivity contribution is -0.141. The molecule has 0 spiro atoms. The van der Waals surface area contributed by atoms with Gasteiger partial charge in [0.05, 0.1) is 19.1 Å². The number of carbonyl (C=O) groups excluding carboxylic acids is 1. The summed E-state index contributed by atoms with van der Waals surface area (Å²) in [6.07, 6.45) is 0.267. The Bertz CT molecular complexity index is 381. The molecule has 0 aliphatic carbocycles. The normalized spacial score (nSPS) is 13.6. The van der Waals surface area contributed by atoms with Gasteiger partial charge in [-0.1, -0.05) is 37.3 Å². The molecule has 84 valence electrons. The van der Waals surface area contributed by atoms with Crippen LogP contribution >= 0.6 is 0 Å². The van der Waals surface area contributed by atoms with Gasteiger partial charge in [-0.05, 0) is 11.5 Å². The summed E-state index contributed by atoms with van der Waals surface area (Å²) in [7, 11) is 1.36. The zero-order valence-corrected chi connectivity index (χ0v) is 9.51. The third-order valence-electron chi connectivity index (χ3n) is 2.58. The van der Waals surface area contributed by atoms with Gasteiger partial charge in [-0.2, -0.15) is 5.26 Å². The van der Waals surface area contributed by atoms with Gasteiger partial charge >= 0.3 is 5.97 Å². The maximum absolute atomic E-state index is 11.1. The minimum Gasteiger partial charge on any atom is -0.469 e. The molecule has 2 unspecified atom stereocenters. The number of hydrogen-bond donors (Lipinski definition) is 0. The lowest BCUT2D eigenvalue weighted by Gasteiger charge is -2.16. The summed E-state index contributed by atoms with van der Waals surface area (Å²) >= 11 is 0. The molecule has 0 radical (unpaired) electrons. The van der Waals surface area contributed by atoms with Crippen LogP contribution in [0.1, 0.15) is 24.8 Å². The van der Waals surface area contributed by atoms with Crippen LogP contribution in [-0.4, -0.2) is 13.1 Å². The Morgan fingerprint density at radius 3 is 2.56 bits per heavy atom. The van der Waals surface area contributed by atoms with E-state index in [1.807, 2.05) is 37.3 Å². The van der Waals surface area contributed by atoms with E-state index >= 15 is 0 Å². The summed E-state index contributed by atoms with van der Waals surface area (Å²) in [6.45, 7) is 1.89. The predicted octanol–water partition coefficient (Wildman–Crippen LogP) is 2.49. The third kappa shape index (κ3) is 3.09. The first-order valence-electron chi connectivity index (χ1n) is 5.20. The number of nitrogens with zero attached hydrogens (tertiary/aromatic N) is 1. The summed E-state index contributed by atoms with van der Waals surface area (Å²) in [5.74, 6) is -0.580. The number of methoxy groups -OCH3 is 1. The summed E-state index contributed by atoms with van der Waals surface area (Å²) in [6, 6.07) is 11.7. The lowest BCUT2D eigenvalue weighted by Crippen LogP contribution is -2.14. The molecular formula is C13H15NO2. The molecule has 0 saturated carbocycles. The van der Waals surface area contributed by atoms with Gasteiger partial charge in [0, 0.05) is 6.42 Å². The molecule has 0 aliphatic heterocycles. The summed E-state index contributed by atoms with van der Waals surface area (Å²) in [5.41, 5.74) is 0.946. The zero-order chi connectivity index (χ0) is 12.0. The van der Waals surface area contributed by atoms with Crippen molar-refractivity contribution in [1.29, 1.82) is 5.26 Å². The molecule has 0 fully saturated rings. The summed E-state index contributed by atoms with van der Waals surface area (Å²) < 4.78 is 4.60. The number of hydrogen-bond acceptors (Lipinski definition) is 3. The molecule has 0 heterocycles. The smallest absolute Gasteiger partial charge is 0.305 e. The van der Waals surface area contributed by atoms with Crippen molar-refractivity contribution in [3.05, 3.63) is 35.9 Å². The molecule has 0 bridgehead atoms. The van der Waals surface area contributed by atoms with Crippen LogP contribution in [0.5, 0.6) is 0 Å². The molecule has 0 aromatic heterocycles. The van der Waals surface area contributed by atoms with Crippen LogP contribution in [0.4, 0.5) is 0 Å². The van der Waals surface area contributed by atoms with E-state index in [4.69, 9.17) is 5.26 Å². The quantitative estimate of drug-likeness (QED) is 0.728. The van der Waals surface area contributed by atoms with E-state index in [2.05, 4.69) is 10.8 Å². The summed E-state index contributed by atoms with van der Waals surface area (Å²) in [5, 5.41) is 9.13. The van der Waals surface area contributed by atoms with E-state index < -0.39 is 0 Å². The van der Waals surface area contributed by atoms with Crippen molar-refractivity contribution < 1.29 is 9.53 Å². The first-order chi connectivity index (χ1) is 7.69. The van der Waals surface area contributed by atoms with E-state index in [0.717, 1.165) is 5.56 Å². The highest BCUT2D eigenvalue weighted by molar-refractivity contribution is 5.69. The van der Waals surface area contributed by atoms with Crippen LogP contribution in [0.15, 0.2) is 30.3 Å². The second-order valence-corrected chi connectivity index (χ2v) is 3.77. The minimum atomic E-state index is -0.274. The Hall–Kier alpha value is -1.82. The number of nitriles is 1. The van der Waals surface area contributed by atoms with Gasteiger partial charge in [0.25, 0.3) is 0 Å². The van der Waals surface area contributed by atoms with Crippen LogP contribution in [-0.2, 0) is 9.53 Å². The lowest BCUT2D eigenvalue weighted by atomic mass is 9.86. The molecule has 1 rings (SSSR count). The third-order valence-corrected chi connectivity index (χ3v) is 2.58. The fourth-order valence-corrected chi connectivity index (χ4v) is 1.65. The van der Waals surface area contributed by atoms with E-state index in [0.29, 0.717) is 0 Å². The Labute approximate surface area is 95.7 Å². The van der Waals surface area contributed by atoms with Gasteiger partial charge in [0.2, 0.25) is 0 Å². The topological polar surface area (TPSA) is 50.1 Å². The number of carbonyl (C=O) groups is 1. The van der Waals surface area contributed by atoms with Crippen molar-refractivity contribution in [2.24, 2.45) is 5.92 Å². The van der Waals surface area contributed by atoms with Crippen LogP contribution in [0, 0.1) is 17.2 Å². The molecule has 0 N–H and O–H groups in total. The fraction of sp³-hybridized carbons (Fsp3) is 0.385. The molecule has 16 heavy (non-hydrogen) atoms. The number of esters is 1. The first kappa shape index (κ1) is 12.3. The minimum absolute atomic E-state index is 0.0418. The average Bonchev–Trinajstić information content (AvgIpc) is 2.31. The van der Waals surface area contributed by atoms with E-state index in [1.54, 1.807) is 0 Å². The molecule has 0 saturated heterocycles. The molecule has 0 amide bonds. The number of benzene rings is 1. The standard InChI is InChI=1S/C13H15NO2/c1-10(8-13(15)16-2)12(9-14)11-6-4-3-5-7-11/h3-7,10,12H,8H2,1-2H3. The molecule has 3 heteroatoms. The van der Waals surface area contributed by atoms with Gasteiger partial charge in [0.1, 0.15) is 0 Å². The molecule has 1 aromatic rings. The molecule has 3 nitrogen and oxygen atoms in total. The SMILES string of the molecule is COC(=O)CC(C)C(C#N)c1ccccc1. The van der Waals surface area contributed by atoms with Gasteiger partial charge < -0.3 is 4.74 Å². The van der Waals surface area contributed by atoms with Crippen molar-refractivity contribution in [2.45, 2.75) is 19.3 Å². The monoisotopic (exact) mass is 217 g/mol. The second kappa shape index (κ2) is 5.92. The van der Waals surface area contributed by atoms with Crippen molar-refractivity contribution in [1.82, 2.24) is 0 Å². The van der Waals surface area contributed by atoms with Gasteiger partial charge in [-0.25, -0.2) is 0 Å². The molecular weight excluding hydrogens is 202 g/mol. The Morgan fingerprint density at radius 1 is 1.44 bits per heavy atom. The van der Waals surface area contributed by atoms with Crippen molar-refractivity contribution in [2.75, 3.05) is 7.11 Å². The second-order valence-electron chi connectivity index (χ2n) is 3.77. The average molecular weight is 217 g/mol. The highest BCUT2D eigenvalue weighted by Gasteiger charge is 2.21. The maximum Gasteiger partial charge on any atom is 0.305 e. The van der Waals surface area contributed by atoms with E-state index in [1.165, 1.54) is 7.11 Å². The Balaban J connectivity index is 2.76. The predicted molar refractivity (Wildman–Crippen MR) is 60.6 cm³/mol. The number of rotatable bonds is 4. The Kier molecular flexibility index (Phi) is 4.53. The largest absolute Gasteiger partial charge is 0.469 e. The van der Waals surface area contributed by atoms with Crippen LogP contribution in [0.3, 0.4) is 0 Å². The zero-order valence-electron chi connectivity index (χ0n) is 9.51. The maximum atomic E-state index is 11.1. The van der Waals surface area contributed by atoms with Crippen LogP contribution in [0.25, 0.3) is 0 Å². The van der Waals surface area contributed by atoms with Crippen molar-refractivity contribution in [3.8, 4) is 6.07 Å². The van der Waals surface area contributed by atoms with Gasteiger partial charge in [0.15, 0.2) is 0 Å². The van der Waals surface area contributed by atoms with Crippen LogP contribution in [0.2, 0.25) is 0 Å². The fourth-order valence-electron chi connectivity index (χ4n) is 1.65. The highest BCUT2D eigenvalue weighted by Crippen LogP contribution is 2.26. The first-order valence-corrected chi connectivity index (χ1v) is 5.20.